The fourth-order valence-electron chi connectivity index (χ4n) is 1.54. The molecule has 0 saturated carbocycles. The van der Waals surface area contributed by atoms with Gasteiger partial charge in [-0.05, 0) is 26.8 Å². The predicted molar refractivity (Wildman–Crippen MR) is 57.0 cm³/mol. The summed E-state index contributed by atoms with van der Waals surface area (Å²) >= 11 is 0. The molecule has 1 atom stereocenters. The van der Waals surface area contributed by atoms with Crippen LogP contribution in [0.4, 0.5) is 0 Å². The lowest BCUT2D eigenvalue weighted by Crippen LogP contribution is -2.50. The van der Waals surface area contributed by atoms with E-state index in [9.17, 15) is 4.79 Å². The molecule has 0 amide bonds. The van der Waals surface area contributed by atoms with Gasteiger partial charge in [0.1, 0.15) is 6.04 Å². The van der Waals surface area contributed by atoms with Crippen LogP contribution < -0.4 is 5.73 Å². The van der Waals surface area contributed by atoms with Crippen molar-refractivity contribution in [1.29, 1.82) is 0 Å². The maximum Gasteiger partial charge on any atom is 0.324 e. The molecule has 0 aromatic carbocycles. The van der Waals surface area contributed by atoms with Gasteiger partial charge < -0.3 is 10.5 Å². The Morgan fingerprint density at radius 3 is 2.36 bits per heavy atom. The van der Waals surface area contributed by atoms with Gasteiger partial charge in [-0.3, -0.25) is 9.69 Å². The van der Waals surface area contributed by atoms with Gasteiger partial charge >= 0.3 is 5.97 Å². The number of carbonyl (C=O) groups is 1. The second kappa shape index (κ2) is 6.79. The van der Waals surface area contributed by atoms with Crippen molar-refractivity contribution in [3.8, 4) is 0 Å². The molecule has 0 aliphatic carbocycles. The number of methoxy groups -OCH3 is 1. The zero-order valence-corrected chi connectivity index (χ0v) is 9.62. The normalized spacial score (nSPS) is 13.4. The molecule has 0 aromatic rings. The van der Waals surface area contributed by atoms with E-state index in [0.717, 1.165) is 13.0 Å². The minimum absolute atomic E-state index is 0.241. The van der Waals surface area contributed by atoms with Crippen molar-refractivity contribution < 1.29 is 9.53 Å². The first-order chi connectivity index (χ1) is 6.58. The Labute approximate surface area is 86.4 Å². The molecule has 84 valence electrons. The van der Waals surface area contributed by atoms with E-state index in [1.54, 1.807) is 0 Å². The third kappa shape index (κ3) is 3.64. The van der Waals surface area contributed by atoms with Crippen molar-refractivity contribution in [2.24, 2.45) is 5.73 Å². The Bertz CT molecular complexity index is 172. The molecule has 2 N–H and O–H groups in total. The summed E-state index contributed by atoms with van der Waals surface area (Å²) in [5.74, 6) is -0.241. The topological polar surface area (TPSA) is 55.6 Å². The summed E-state index contributed by atoms with van der Waals surface area (Å²) in [6.07, 6.45) is 1.01. The van der Waals surface area contributed by atoms with Gasteiger partial charge in [0.05, 0.1) is 7.11 Å². The standard InChI is InChI=1S/C10H22N2O2/c1-5-6-12(8(2)3)9(7-11)10(13)14-4/h8-9H,5-7,11H2,1-4H3. The number of hydrogen-bond acceptors (Lipinski definition) is 4. The Balaban J connectivity index is 4.49. The molecular weight excluding hydrogens is 180 g/mol. The van der Waals surface area contributed by atoms with Crippen molar-refractivity contribution in [2.75, 3.05) is 20.2 Å². The van der Waals surface area contributed by atoms with Crippen molar-refractivity contribution in [3.63, 3.8) is 0 Å². The van der Waals surface area contributed by atoms with Crippen LogP contribution in [-0.2, 0) is 9.53 Å². The van der Waals surface area contributed by atoms with Gasteiger partial charge in [-0.2, -0.15) is 0 Å². The molecule has 4 nitrogen and oxygen atoms in total. The number of ether oxygens (including phenoxy) is 1. The van der Waals surface area contributed by atoms with Crippen LogP contribution in [-0.4, -0.2) is 43.2 Å². The molecule has 0 rings (SSSR count). The second-order valence-corrected chi connectivity index (χ2v) is 3.61. The zero-order chi connectivity index (χ0) is 11.1. The third-order valence-corrected chi connectivity index (χ3v) is 2.24. The molecular formula is C10H22N2O2. The van der Waals surface area contributed by atoms with E-state index in [1.807, 2.05) is 0 Å². The van der Waals surface area contributed by atoms with Gasteiger partial charge in [0.15, 0.2) is 0 Å². The molecule has 0 aliphatic heterocycles. The third-order valence-electron chi connectivity index (χ3n) is 2.24. The van der Waals surface area contributed by atoms with Crippen LogP contribution in [0.15, 0.2) is 0 Å². The van der Waals surface area contributed by atoms with Crippen LogP contribution in [0, 0.1) is 0 Å². The van der Waals surface area contributed by atoms with Crippen LogP contribution in [0.25, 0.3) is 0 Å². The Hall–Kier alpha value is -0.610. The van der Waals surface area contributed by atoms with Crippen molar-refractivity contribution >= 4 is 5.97 Å². The van der Waals surface area contributed by atoms with E-state index < -0.39 is 0 Å². The average Bonchev–Trinajstić information content (AvgIpc) is 2.16. The number of hydrogen-bond donors (Lipinski definition) is 1. The Kier molecular flexibility index (Phi) is 6.49. The minimum Gasteiger partial charge on any atom is -0.468 e. The molecule has 0 heterocycles. The molecule has 0 aliphatic rings. The molecule has 0 spiro atoms. The van der Waals surface area contributed by atoms with Crippen LogP contribution in [0.2, 0.25) is 0 Å². The summed E-state index contributed by atoms with van der Waals surface area (Å²) in [4.78, 5) is 13.5. The predicted octanol–water partition coefficient (Wildman–Crippen LogP) is 0.607. The number of nitrogens with two attached hydrogens (primary N) is 1. The van der Waals surface area contributed by atoms with Gasteiger partial charge in [0.25, 0.3) is 0 Å². The monoisotopic (exact) mass is 202 g/mol. The fourth-order valence-corrected chi connectivity index (χ4v) is 1.54. The molecule has 4 heteroatoms. The van der Waals surface area contributed by atoms with E-state index in [2.05, 4.69) is 25.7 Å². The Morgan fingerprint density at radius 2 is 2.07 bits per heavy atom. The first-order valence-corrected chi connectivity index (χ1v) is 5.12. The molecule has 0 saturated heterocycles. The highest BCUT2D eigenvalue weighted by molar-refractivity contribution is 5.75. The van der Waals surface area contributed by atoms with Crippen LogP contribution in [0.3, 0.4) is 0 Å². The molecule has 14 heavy (non-hydrogen) atoms. The molecule has 1 unspecified atom stereocenters. The number of carbonyl (C=O) groups excluding carboxylic acids is 1. The SMILES string of the molecule is CCCN(C(C)C)C(CN)C(=O)OC. The molecule has 0 fully saturated rings. The summed E-state index contributed by atoms with van der Waals surface area (Å²) in [6, 6.07) is 0.00236. The Morgan fingerprint density at radius 1 is 1.50 bits per heavy atom. The number of esters is 1. The highest BCUT2D eigenvalue weighted by Crippen LogP contribution is 2.07. The van der Waals surface area contributed by atoms with Crippen molar-refractivity contribution in [3.05, 3.63) is 0 Å². The molecule has 0 aromatic heterocycles. The summed E-state index contributed by atoms with van der Waals surface area (Å²) in [6.45, 7) is 7.38. The second-order valence-electron chi connectivity index (χ2n) is 3.61. The summed E-state index contributed by atoms with van der Waals surface area (Å²) < 4.78 is 4.72. The number of nitrogens with zero attached hydrogens (tertiary/aromatic N) is 1. The largest absolute Gasteiger partial charge is 0.468 e. The summed E-state index contributed by atoms with van der Waals surface area (Å²) in [5, 5.41) is 0. The quantitative estimate of drug-likeness (QED) is 0.641. The van der Waals surface area contributed by atoms with E-state index in [-0.39, 0.29) is 12.0 Å². The maximum absolute atomic E-state index is 11.4. The van der Waals surface area contributed by atoms with Crippen LogP contribution >= 0.6 is 0 Å². The van der Waals surface area contributed by atoms with Gasteiger partial charge in [0, 0.05) is 12.6 Å². The summed E-state index contributed by atoms with van der Waals surface area (Å²) in [5.41, 5.74) is 5.58. The van der Waals surface area contributed by atoms with Gasteiger partial charge in [-0.15, -0.1) is 0 Å². The first-order valence-electron chi connectivity index (χ1n) is 5.12. The lowest BCUT2D eigenvalue weighted by Gasteiger charge is -2.31. The highest BCUT2D eigenvalue weighted by Gasteiger charge is 2.26. The van der Waals surface area contributed by atoms with E-state index in [4.69, 9.17) is 10.5 Å². The summed E-state index contributed by atoms with van der Waals surface area (Å²) in [7, 11) is 1.40. The average molecular weight is 202 g/mol. The highest BCUT2D eigenvalue weighted by atomic mass is 16.5. The van der Waals surface area contributed by atoms with Crippen LogP contribution in [0.1, 0.15) is 27.2 Å². The fraction of sp³-hybridized carbons (Fsp3) is 0.900. The van der Waals surface area contributed by atoms with E-state index in [0.29, 0.717) is 12.6 Å². The van der Waals surface area contributed by atoms with Gasteiger partial charge in [-0.1, -0.05) is 6.92 Å². The molecule has 0 bridgehead atoms. The smallest absolute Gasteiger partial charge is 0.324 e. The number of rotatable bonds is 6. The first kappa shape index (κ1) is 13.4. The van der Waals surface area contributed by atoms with Gasteiger partial charge in [-0.25, -0.2) is 0 Å². The van der Waals surface area contributed by atoms with Crippen molar-refractivity contribution in [1.82, 2.24) is 4.90 Å². The zero-order valence-electron chi connectivity index (χ0n) is 9.62. The molecule has 0 radical (unpaired) electrons. The van der Waals surface area contributed by atoms with E-state index in [1.165, 1.54) is 7.11 Å². The van der Waals surface area contributed by atoms with Gasteiger partial charge in [0.2, 0.25) is 0 Å². The lowest BCUT2D eigenvalue weighted by atomic mass is 10.2. The maximum atomic E-state index is 11.4. The van der Waals surface area contributed by atoms with Crippen molar-refractivity contribution in [2.45, 2.75) is 39.3 Å². The lowest BCUT2D eigenvalue weighted by molar-refractivity contribution is -0.147. The minimum atomic E-state index is -0.306. The van der Waals surface area contributed by atoms with E-state index >= 15 is 0 Å². The van der Waals surface area contributed by atoms with Crippen LogP contribution in [0.5, 0.6) is 0 Å².